The number of halogens is 1. The summed E-state index contributed by atoms with van der Waals surface area (Å²) in [4.78, 5) is 17.2. The molecule has 0 bridgehead atoms. The summed E-state index contributed by atoms with van der Waals surface area (Å²) in [5.41, 5.74) is 0.0516. The number of carboxylic acid groups (broad SMARTS) is 1. The average molecular weight is 297 g/mol. The second-order valence-electron chi connectivity index (χ2n) is 3.27. The number of hydrogen-bond donors (Lipinski definition) is 2. The minimum Gasteiger partial charge on any atom is -0.485 e. The normalized spacial score (nSPS) is 10.2. The number of nitrogens with zero attached hydrogens (tertiary/aromatic N) is 1. The van der Waals surface area contributed by atoms with Crippen LogP contribution in [0.25, 0.3) is 0 Å². The number of para-hydroxylation sites is 1. The molecule has 5 nitrogen and oxygen atoms in total. The molecule has 2 N–H and O–H groups in total. The van der Waals surface area contributed by atoms with E-state index in [1.807, 2.05) is 24.3 Å². The first kappa shape index (κ1) is 11.7. The molecular weight excluding hydrogens is 288 g/mol. The van der Waals surface area contributed by atoms with Crippen molar-refractivity contribution in [2.45, 2.75) is 6.61 Å². The van der Waals surface area contributed by atoms with Crippen LogP contribution in [0.15, 0.2) is 34.9 Å². The lowest BCUT2D eigenvalue weighted by Gasteiger charge is -2.05. The monoisotopic (exact) mass is 296 g/mol. The van der Waals surface area contributed by atoms with Gasteiger partial charge in [0.05, 0.1) is 10.7 Å². The maximum absolute atomic E-state index is 10.6. The van der Waals surface area contributed by atoms with Crippen LogP contribution in [0.3, 0.4) is 0 Å². The number of aromatic amines is 1. The summed E-state index contributed by atoms with van der Waals surface area (Å²) in [7, 11) is 0. The Bertz CT molecular complexity index is 539. The lowest BCUT2D eigenvalue weighted by atomic mass is 10.3. The van der Waals surface area contributed by atoms with Crippen LogP contribution < -0.4 is 4.74 Å². The molecule has 0 aliphatic carbocycles. The average Bonchev–Trinajstić information content (AvgIpc) is 2.77. The van der Waals surface area contributed by atoms with Gasteiger partial charge in [-0.15, -0.1) is 0 Å². The van der Waals surface area contributed by atoms with Crippen molar-refractivity contribution in [1.82, 2.24) is 9.97 Å². The molecule has 2 rings (SSSR count). The van der Waals surface area contributed by atoms with E-state index in [0.717, 1.165) is 4.47 Å². The standard InChI is InChI=1S/C11H9BrN2O3/c12-7-3-1-2-4-9(7)17-6-10-13-5-8(14-10)11(15)16/h1-5H,6H2,(H,13,14)(H,15,16). The Kier molecular flexibility index (Phi) is 3.43. The summed E-state index contributed by atoms with van der Waals surface area (Å²) in [6, 6.07) is 7.41. The van der Waals surface area contributed by atoms with E-state index in [4.69, 9.17) is 9.84 Å². The molecule has 88 valence electrons. The molecule has 17 heavy (non-hydrogen) atoms. The highest BCUT2D eigenvalue weighted by molar-refractivity contribution is 9.10. The highest BCUT2D eigenvalue weighted by atomic mass is 79.9. The zero-order valence-electron chi connectivity index (χ0n) is 8.68. The third-order valence-corrected chi connectivity index (χ3v) is 2.72. The van der Waals surface area contributed by atoms with E-state index in [1.54, 1.807) is 0 Å². The second kappa shape index (κ2) is 5.01. The summed E-state index contributed by atoms with van der Waals surface area (Å²) in [5.74, 6) is 0.114. The molecule has 0 unspecified atom stereocenters. The van der Waals surface area contributed by atoms with Crippen LogP contribution in [0, 0.1) is 0 Å². The third kappa shape index (κ3) is 2.85. The molecule has 0 atom stereocenters. The zero-order valence-corrected chi connectivity index (χ0v) is 10.3. The van der Waals surface area contributed by atoms with Gasteiger partial charge in [0, 0.05) is 0 Å². The van der Waals surface area contributed by atoms with Crippen LogP contribution in [0.4, 0.5) is 0 Å². The minimum atomic E-state index is -1.04. The van der Waals surface area contributed by atoms with Gasteiger partial charge in [-0.05, 0) is 28.1 Å². The summed E-state index contributed by atoms with van der Waals surface area (Å²) < 4.78 is 6.32. The van der Waals surface area contributed by atoms with Crippen LogP contribution in [0.1, 0.15) is 16.3 Å². The molecule has 2 aromatic rings. The van der Waals surface area contributed by atoms with Crippen molar-refractivity contribution in [1.29, 1.82) is 0 Å². The topological polar surface area (TPSA) is 75.2 Å². The predicted octanol–water partition coefficient (Wildman–Crippen LogP) is 2.45. The van der Waals surface area contributed by atoms with Gasteiger partial charge >= 0.3 is 5.97 Å². The Morgan fingerprint density at radius 1 is 1.47 bits per heavy atom. The Balaban J connectivity index is 2.02. The van der Waals surface area contributed by atoms with Crippen LogP contribution in [-0.2, 0) is 6.61 Å². The number of rotatable bonds is 4. The van der Waals surface area contributed by atoms with Gasteiger partial charge in [-0.2, -0.15) is 0 Å². The Labute approximate surface area is 106 Å². The van der Waals surface area contributed by atoms with Crippen molar-refractivity contribution < 1.29 is 14.6 Å². The SMILES string of the molecule is O=C(O)c1cnc(COc2ccccc2Br)[nH]1. The molecule has 1 aromatic heterocycles. The van der Waals surface area contributed by atoms with E-state index in [-0.39, 0.29) is 12.3 Å². The summed E-state index contributed by atoms with van der Waals surface area (Å²) in [6.07, 6.45) is 1.26. The molecule has 0 amide bonds. The number of aromatic carboxylic acids is 1. The van der Waals surface area contributed by atoms with Gasteiger partial charge < -0.3 is 14.8 Å². The zero-order chi connectivity index (χ0) is 12.3. The molecule has 0 saturated heterocycles. The highest BCUT2D eigenvalue weighted by Crippen LogP contribution is 2.24. The maximum Gasteiger partial charge on any atom is 0.353 e. The van der Waals surface area contributed by atoms with Gasteiger partial charge in [0.25, 0.3) is 0 Å². The molecule has 0 spiro atoms. The fraction of sp³-hybridized carbons (Fsp3) is 0.0909. The van der Waals surface area contributed by atoms with E-state index in [9.17, 15) is 4.79 Å². The largest absolute Gasteiger partial charge is 0.485 e. The van der Waals surface area contributed by atoms with Crippen molar-refractivity contribution in [3.05, 3.63) is 46.5 Å². The summed E-state index contributed by atoms with van der Waals surface area (Å²) in [5, 5.41) is 8.71. The molecule has 0 saturated carbocycles. The van der Waals surface area contributed by atoms with Crippen LogP contribution in [-0.4, -0.2) is 21.0 Å². The van der Waals surface area contributed by atoms with E-state index < -0.39 is 5.97 Å². The second-order valence-corrected chi connectivity index (χ2v) is 4.12. The number of carbonyl (C=O) groups is 1. The number of benzene rings is 1. The van der Waals surface area contributed by atoms with Gasteiger partial charge in [-0.1, -0.05) is 12.1 Å². The number of carboxylic acids is 1. The van der Waals surface area contributed by atoms with Crippen molar-refractivity contribution in [3.8, 4) is 5.75 Å². The fourth-order valence-corrected chi connectivity index (χ4v) is 1.65. The molecular formula is C11H9BrN2O3. The highest BCUT2D eigenvalue weighted by Gasteiger charge is 2.08. The van der Waals surface area contributed by atoms with Crippen molar-refractivity contribution in [2.75, 3.05) is 0 Å². The van der Waals surface area contributed by atoms with Crippen molar-refractivity contribution >= 4 is 21.9 Å². The van der Waals surface area contributed by atoms with Gasteiger partial charge in [0.15, 0.2) is 0 Å². The lowest BCUT2D eigenvalue weighted by molar-refractivity contribution is 0.0691. The first-order valence-corrected chi connectivity index (χ1v) is 5.60. The molecule has 1 aromatic carbocycles. The Morgan fingerprint density at radius 3 is 2.88 bits per heavy atom. The lowest BCUT2D eigenvalue weighted by Crippen LogP contribution is -2.00. The molecule has 0 radical (unpaired) electrons. The van der Waals surface area contributed by atoms with Crippen molar-refractivity contribution in [3.63, 3.8) is 0 Å². The first-order valence-electron chi connectivity index (χ1n) is 4.81. The van der Waals surface area contributed by atoms with Gasteiger partial charge in [0.1, 0.15) is 23.9 Å². The maximum atomic E-state index is 10.6. The predicted molar refractivity (Wildman–Crippen MR) is 64.0 cm³/mol. The van der Waals surface area contributed by atoms with E-state index in [2.05, 4.69) is 25.9 Å². The Hall–Kier alpha value is -1.82. The van der Waals surface area contributed by atoms with Crippen molar-refractivity contribution in [2.24, 2.45) is 0 Å². The van der Waals surface area contributed by atoms with E-state index >= 15 is 0 Å². The van der Waals surface area contributed by atoms with E-state index in [1.165, 1.54) is 6.20 Å². The smallest absolute Gasteiger partial charge is 0.353 e. The van der Waals surface area contributed by atoms with Crippen LogP contribution >= 0.6 is 15.9 Å². The molecule has 6 heteroatoms. The van der Waals surface area contributed by atoms with Crippen LogP contribution in [0.5, 0.6) is 5.75 Å². The molecule has 0 aliphatic heterocycles. The fourth-order valence-electron chi connectivity index (χ4n) is 1.25. The van der Waals surface area contributed by atoms with Gasteiger partial charge in [-0.25, -0.2) is 9.78 Å². The molecule has 1 heterocycles. The van der Waals surface area contributed by atoms with Gasteiger partial charge in [-0.3, -0.25) is 0 Å². The summed E-state index contributed by atoms with van der Waals surface area (Å²) in [6.45, 7) is 0.190. The molecule has 0 aliphatic rings. The Morgan fingerprint density at radius 2 is 2.24 bits per heavy atom. The number of imidazole rings is 1. The first-order chi connectivity index (χ1) is 8.16. The number of ether oxygens (including phenoxy) is 1. The molecule has 0 fully saturated rings. The summed E-state index contributed by atoms with van der Waals surface area (Å²) >= 11 is 3.35. The number of H-pyrrole nitrogens is 1. The minimum absolute atomic E-state index is 0.0516. The number of nitrogens with one attached hydrogen (secondary N) is 1. The number of hydrogen-bond acceptors (Lipinski definition) is 3. The third-order valence-electron chi connectivity index (χ3n) is 2.06. The van der Waals surface area contributed by atoms with Gasteiger partial charge in [0.2, 0.25) is 0 Å². The quantitative estimate of drug-likeness (QED) is 0.909. The van der Waals surface area contributed by atoms with Crippen LogP contribution in [0.2, 0.25) is 0 Å². The van der Waals surface area contributed by atoms with E-state index in [0.29, 0.717) is 11.6 Å². The number of aromatic nitrogens is 2.